The largest absolute Gasteiger partial charge is 0.508 e. The van der Waals surface area contributed by atoms with E-state index in [2.05, 4.69) is 36.1 Å². The summed E-state index contributed by atoms with van der Waals surface area (Å²) in [6.45, 7) is 0. The number of nitrogens with zero attached hydrogens (tertiary/aromatic N) is 7. The van der Waals surface area contributed by atoms with E-state index in [1.807, 2.05) is 6.07 Å². The Hall–Kier alpha value is -5.89. The van der Waals surface area contributed by atoms with Crippen LogP contribution >= 0.6 is 23.5 Å². The minimum atomic E-state index is -1.61. The van der Waals surface area contributed by atoms with Crippen molar-refractivity contribution in [2.45, 2.75) is 22.6 Å². The second-order valence-electron chi connectivity index (χ2n) is 10.7. The van der Waals surface area contributed by atoms with Crippen molar-refractivity contribution < 1.29 is 29.4 Å². The first-order valence-electron chi connectivity index (χ1n) is 14.4. The number of β-lactam (4-membered cyclic amide) rings is 1. The summed E-state index contributed by atoms with van der Waals surface area (Å²) in [5, 5.41) is 36.4. The zero-order valence-corrected chi connectivity index (χ0v) is 27.0. The van der Waals surface area contributed by atoms with Crippen molar-refractivity contribution in [1.82, 2.24) is 40.4 Å². The van der Waals surface area contributed by atoms with Crippen molar-refractivity contribution in [3.05, 3.63) is 88.0 Å². The number of urea groups is 1. The third-order valence-corrected chi connectivity index (χ3v) is 9.97. The molecule has 1 fully saturated rings. The van der Waals surface area contributed by atoms with Gasteiger partial charge >= 0.3 is 12.0 Å². The highest BCUT2D eigenvalue weighted by Crippen LogP contribution is 2.42. The summed E-state index contributed by atoms with van der Waals surface area (Å²) in [4.78, 5) is 74.6. The Bertz CT molecular complexity index is 2020. The Morgan fingerprint density at radius 2 is 1.90 bits per heavy atom. The van der Waals surface area contributed by atoms with Crippen molar-refractivity contribution in [3.63, 3.8) is 0 Å². The normalized spacial score (nSPS) is 17.5. The number of rotatable bonds is 11. The molecule has 2 unspecified atom stereocenters. The molecule has 0 bridgehead atoms. The van der Waals surface area contributed by atoms with Crippen molar-refractivity contribution in [2.75, 3.05) is 21.7 Å². The van der Waals surface area contributed by atoms with Gasteiger partial charge in [-0.25, -0.2) is 19.3 Å². The van der Waals surface area contributed by atoms with Gasteiger partial charge in [0, 0.05) is 24.2 Å². The molecule has 0 radical (unpaired) electrons. The molecule has 0 saturated carbocycles. The Kier molecular flexibility index (Phi) is 9.23. The van der Waals surface area contributed by atoms with E-state index in [1.165, 1.54) is 52.5 Å². The van der Waals surface area contributed by atoms with Gasteiger partial charge in [-0.1, -0.05) is 42.1 Å². The van der Waals surface area contributed by atoms with Crippen LogP contribution in [0.5, 0.6) is 5.75 Å². The van der Waals surface area contributed by atoms with E-state index in [1.54, 1.807) is 31.3 Å². The number of aromatic amines is 1. The van der Waals surface area contributed by atoms with Crippen molar-refractivity contribution in [1.29, 1.82) is 0 Å². The summed E-state index contributed by atoms with van der Waals surface area (Å²) < 4.78 is 1.44. The second-order valence-corrected chi connectivity index (χ2v) is 12.7. The quantitative estimate of drug-likeness (QED) is 0.0937. The lowest BCUT2D eigenvalue weighted by molar-refractivity contribution is -0.150. The zero-order chi connectivity index (χ0) is 34.8. The van der Waals surface area contributed by atoms with Crippen LogP contribution in [-0.4, -0.2) is 92.0 Å². The van der Waals surface area contributed by atoms with Gasteiger partial charge < -0.3 is 26.6 Å². The Labute approximate surface area is 284 Å². The molecule has 252 valence electrons. The van der Waals surface area contributed by atoms with Crippen LogP contribution in [0, 0.1) is 0 Å². The number of tetrazole rings is 1. The number of fused-ring (bicyclic) bond motifs is 1. The molecule has 0 spiro atoms. The minimum absolute atomic E-state index is 0.0535. The molecule has 6 rings (SSSR count). The monoisotopic (exact) mass is 705 g/mol. The van der Waals surface area contributed by atoms with Gasteiger partial charge in [0.1, 0.15) is 34.6 Å². The fraction of sp³-hybridized carbons (Fsp3) is 0.207. The topological polar surface area (TPSA) is 255 Å². The molecule has 3 atom stereocenters. The second kappa shape index (κ2) is 13.7. The first-order chi connectivity index (χ1) is 23.5. The minimum Gasteiger partial charge on any atom is -0.508 e. The lowest BCUT2D eigenvalue weighted by Gasteiger charge is -2.49. The molecule has 7 N–H and O–H groups in total. The van der Waals surface area contributed by atoms with Crippen LogP contribution in [-0.2, 0) is 21.4 Å². The van der Waals surface area contributed by atoms with E-state index in [-0.39, 0.29) is 40.2 Å². The van der Waals surface area contributed by atoms with E-state index < -0.39 is 46.8 Å². The first kappa shape index (κ1) is 33.0. The summed E-state index contributed by atoms with van der Waals surface area (Å²) >= 11 is 2.46. The number of anilines is 3. The molecule has 2 aromatic carbocycles. The molecule has 2 aliphatic rings. The molecule has 2 aliphatic heterocycles. The molecule has 4 amide bonds. The number of primary amides is 1. The van der Waals surface area contributed by atoms with Gasteiger partial charge in [-0.15, -0.1) is 16.9 Å². The number of H-pyrrole nitrogens is 1. The SMILES string of the molecule is Cn1nnnc1SCC1=C(C(=O)O)N2C(=O)C(NC(=O)C(c3ccc(O)cc3)N(C(N)=O)c3cnc(Nc4ccccc4)[nH]c3=O)[C@H]2SC1. The number of hydrogen-bond donors (Lipinski definition) is 6. The van der Waals surface area contributed by atoms with Gasteiger partial charge in [-0.2, -0.15) is 0 Å². The average Bonchev–Trinajstić information content (AvgIpc) is 3.50. The van der Waals surface area contributed by atoms with Crippen LogP contribution in [0.15, 0.2) is 82.0 Å². The van der Waals surface area contributed by atoms with Gasteiger partial charge in [0.25, 0.3) is 11.5 Å². The predicted octanol–water partition coefficient (Wildman–Crippen LogP) is 0.900. The maximum absolute atomic E-state index is 14.0. The summed E-state index contributed by atoms with van der Waals surface area (Å²) in [6.07, 6.45) is 1.07. The summed E-state index contributed by atoms with van der Waals surface area (Å²) in [5.74, 6) is -2.53. The smallest absolute Gasteiger partial charge is 0.352 e. The van der Waals surface area contributed by atoms with E-state index in [9.17, 15) is 34.2 Å². The van der Waals surface area contributed by atoms with Crippen LogP contribution in [0.3, 0.4) is 0 Å². The number of hydrogen-bond acceptors (Lipinski definition) is 13. The molecule has 2 aromatic heterocycles. The van der Waals surface area contributed by atoms with Gasteiger partial charge in [-0.05, 0) is 45.8 Å². The number of phenols is 1. The number of aliphatic carboxylic acids is 1. The molecule has 4 aromatic rings. The number of para-hydroxylation sites is 1. The van der Waals surface area contributed by atoms with E-state index >= 15 is 0 Å². The fourth-order valence-electron chi connectivity index (χ4n) is 5.26. The number of carbonyl (C=O) groups excluding carboxylic acids is 3. The number of carboxylic acids is 1. The number of thioether (sulfide) groups is 2. The Morgan fingerprint density at radius 1 is 1.16 bits per heavy atom. The summed E-state index contributed by atoms with van der Waals surface area (Å²) in [6, 6.07) is 10.2. The lowest BCUT2D eigenvalue weighted by Crippen LogP contribution is -2.71. The van der Waals surface area contributed by atoms with Crippen molar-refractivity contribution in [2.24, 2.45) is 12.8 Å². The number of amides is 4. The number of aryl methyl sites for hydroxylation is 1. The van der Waals surface area contributed by atoms with Crippen molar-refractivity contribution >= 4 is 64.7 Å². The van der Waals surface area contributed by atoms with Gasteiger partial charge in [0.05, 0.1) is 6.20 Å². The van der Waals surface area contributed by atoms with Gasteiger partial charge in [-0.3, -0.25) is 29.2 Å². The standard InChI is InChI=1S/C29H27N11O7S2/c1-38-29(35-36-37-38)49-13-15-12-48-25-19(24(44)40(25)21(15)26(45)46)33-23(43)20(14-7-9-17(41)10-8-14)39(27(30)47)18-11-31-28(34-22(18)42)32-16-5-3-2-4-6-16/h2-11,19-20,25,41H,12-13H2,1H3,(H2,30,47)(H,33,43)(H,45,46)(H2,31,32,34,42)/t19?,20?,25-/m1/s1. The summed E-state index contributed by atoms with van der Waals surface area (Å²) in [5.41, 5.74) is 5.61. The molecule has 49 heavy (non-hydrogen) atoms. The maximum atomic E-state index is 14.0. The lowest BCUT2D eigenvalue weighted by atomic mass is 10.00. The predicted molar refractivity (Wildman–Crippen MR) is 177 cm³/mol. The summed E-state index contributed by atoms with van der Waals surface area (Å²) in [7, 11) is 1.64. The average molecular weight is 706 g/mol. The molecule has 18 nitrogen and oxygen atoms in total. The highest BCUT2D eigenvalue weighted by Gasteiger charge is 2.55. The molecule has 1 saturated heterocycles. The number of carbonyl (C=O) groups is 4. The molecular formula is C29H27N11O7S2. The third-order valence-electron chi connectivity index (χ3n) is 7.53. The maximum Gasteiger partial charge on any atom is 0.352 e. The molecule has 0 aliphatic carbocycles. The van der Waals surface area contributed by atoms with Crippen molar-refractivity contribution in [3.8, 4) is 5.75 Å². The number of phenolic OH excluding ortho intramolecular Hbond substituents is 1. The van der Waals surface area contributed by atoms with Crippen LogP contribution < -0.4 is 26.8 Å². The molecule has 20 heteroatoms. The van der Waals surface area contributed by atoms with Crippen LogP contribution in [0.4, 0.5) is 22.1 Å². The van der Waals surface area contributed by atoms with Crippen LogP contribution in [0.2, 0.25) is 0 Å². The number of aromatic hydroxyl groups is 1. The number of nitrogens with two attached hydrogens (primary N) is 1. The molecular weight excluding hydrogens is 679 g/mol. The number of aromatic nitrogens is 6. The third kappa shape index (κ3) is 6.63. The van der Waals surface area contributed by atoms with Gasteiger partial charge in [0.15, 0.2) is 0 Å². The number of carboxylic acid groups (broad SMARTS) is 1. The zero-order valence-electron chi connectivity index (χ0n) is 25.4. The van der Waals surface area contributed by atoms with Crippen LogP contribution in [0.25, 0.3) is 0 Å². The van der Waals surface area contributed by atoms with Crippen LogP contribution in [0.1, 0.15) is 11.6 Å². The Morgan fingerprint density at radius 3 is 2.53 bits per heavy atom. The van der Waals surface area contributed by atoms with E-state index in [0.717, 1.165) is 16.0 Å². The highest BCUT2D eigenvalue weighted by molar-refractivity contribution is 8.01. The van der Waals surface area contributed by atoms with Gasteiger partial charge in [0.2, 0.25) is 17.0 Å². The highest BCUT2D eigenvalue weighted by atomic mass is 32.2. The fourth-order valence-corrected chi connectivity index (χ4v) is 7.60. The number of nitrogens with one attached hydrogen (secondary N) is 3. The molecule has 4 heterocycles. The number of benzene rings is 2. The Balaban J connectivity index is 1.27. The van der Waals surface area contributed by atoms with E-state index in [0.29, 0.717) is 16.4 Å². The van der Waals surface area contributed by atoms with E-state index in [4.69, 9.17) is 5.73 Å². The first-order valence-corrected chi connectivity index (χ1v) is 16.4.